The SMILES string of the molecule is Cc1nn(C)cc1CNCC(F)(F)CNC(=O)OC(C)(C)C. The fourth-order valence-corrected chi connectivity index (χ4v) is 1.78. The Morgan fingerprint density at radius 2 is 2.00 bits per heavy atom. The molecule has 0 fully saturated rings. The number of halogens is 2. The summed E-state index contributed by atoms with van der Waals surface area (Å²) in [6.07, 6.45) is 0.926. The van der Waals surface area contributed by atoms with E-state index in [0.29, 0.717) is 6.54 Å². The normalized spacial score (nSPS) is 12.3. The minimum absolute atomic E-state index is 0.293. The van der Waals surface area contributed by atoms with Crippen molar-refractivity contribution in [3.63, 3.8) is 0 Å². The predicted molar refractivity (Wildman–Crippen MR) is 78.8 cm³/mol. The molecule has 126 valence electrons. The number of nitrogens with zero attached hydrogens (tertiary/aromatic N) is 2. The largest absolute Gasteiger partial charge is 0.444 e. The molecule has 8 heteroatoms. The highest BCUT2D eigenvalue weighted by Gasteiger charge is 2.30. The molecule has 0 bridgehead atoms. The summed E-state index contributed by atoms with van der Waals surface area (Å²) < 4.78 is 33.9. The van der Waals surface area contributed by atoms with Gasteiger partial charge in [0.25, 0.3) is 5.92 Å². The van der Waals surface area contributed by atoms with Gasteiger partial charge in [0.1, 0.15) is 5.60 Å². The summed E-state index contributed by atoms with van der Waals surface area (Å²) in [6.45, 7) is 5.80. The lowest BCUT2D eigenvalue weighted by Gasteiger charge is -2.22. The lowest BCUT2D eigenvalue weighted by Crippen LogP contribution is -2.44. The van der Waals surface area contributed by atoms with Gasteiger partial charge in [0, 0.05) is 25.4 Å². The summed E-state index contributed by atoms with van der Waals surface area (Å²) in [5, 5.41) is 8.88. The van der Waals surface area contributed by atoms with Crippen molar-refractivity contribution < 1.29 is 18.3 Å². The van der Waals surface area contributed by atoms with Gasteiger partial charge < -0.3 is 15.4 Å². The first-order valence-corrected chi connectivity index (χ1v) is 7.03. The standard InChI is InChI=1S/C14H24F2N4O2/c1-10-11(7-20(5)19-10)6-17-8-14(15,16)9-18-12(21)22-13(2,3)4/h7,17H,6,8-9H2,1-5H3,(H,18,21). The number of carbonyl (C=O) groups excluding carboxylic acids is 1. The second-order valence-corrected chi connectivity index (χ2v) is 6.23. The maximum atomic E-state index is 13.7. The van der Waals surface area contributed by atoms with Gasteiger partial charge in [-0.25, -0.2) is 13.6 Å². The van der Waals surface area contributed by atoms with Crippen molar-refractivity contribution >= 4 is 6.09 Å². The van der Waals surface area contributed by atoms with Crippen LogP contribution in [0, 0.1) is 6.92 Å². The lowest BCUT2D eigenvalue weighted by atomic mass is 10.2. The number of ether oxygens (including phenoxy) is 1. The van der Waals surface area contributed by atoms with Crippen molar-refractivity contribution in [2.45, 2.75) is 45.8 Å². The molecule has 0 aliphatic heterocycles. The number of carbonyl (C=O) groups is 1. The Morgan fingerprint density at radius 3 is 2.50 bits per heavy atom. The molecule has 0 saturated carbocycles. The fraction of sp³-hybridized carbons (Fsp3) is 0.714. The summed E-state index contributed by atoms with van der Waals surface area (Å²) in [6, 6.07) is 0. The zero-order valence-electron chi connectivity index (χ0n) is 13.7. The maximum absolute atomic E-state index is 13.7. The van der Waals surface area contributed by atoms with Crippen LogP contribution in [0.1, 0.15) is 32.0 Å². The predicted octanol–water partition coefficient (Wildman–Crippen LogP) is 1.98. The van der Waals surface area contributed by atoms with Gasteiger partial charge in [-0.05, 0) is 27.7 Å². The first-order chi connectivity index (χ1) is 9.98. The van der Waals surface area contributed by atoms with Crippen LogP contribution in [-0.4, -0.2) is 40.5 Å². The van der Waals surface area contributed by atoms with Gasteiger partial charge in [0.05, 0.1) is 18.8 Å². The summed E-state index contributed by atoms with van der Waals surface area (Å²) in [4.78, 5) is 11.3. The molecule has 0 unspecified atom stereocenters. The average molecular weight is 318 g/mol. The van der Waals surface area contributed by atoms with Gasteiger partial charge >= 0.3 is 6.09 Å². The summed E-state index contributed by atoms with van der Waals surface area (Å²) in [7, 11) is 1.77. The van der Waals surface area contributed by atoms with Crippen LogP contribution in [0.15, 0.2) is 6.20 Å². The van der Waals surface area contributed by atoms with E-state index in [0.717, 1.165) is 11.3 Å². The van der Waals surface area contributed by atoms with E-state index in [-0.39, 0.29) is 0 Å². The van der Waals surface area contributed by atoms with Crippen molar-refractivity contribution in [3.05, 3.63) is 17.5 Å². The molecule has 0 aliphatic carbocycles. The third-order valence-corrected chi connectivity index (χ3v) is 2.70. The number of hydrogen-bond donors (Lipinski definition) is 2. The molecule has 0 atom stereocenters. The zero-order chi connectivity index (χ0) is 17.0. The van der Waals surface area contributed by atoms with E-state index < -0.39 is 30.7 Å². The molecule has 2 N–H and O–H groups in total. The third kappa shape index (κ3) is 6.84. The van der Waals surface area contributed by atoms with E-state index in [1.807, 2.05) is 6.92 Å². The Hall–Kier alpha value is -1.70. The Balaban J connectivity index is 2.34. The topological polar surface area (TPSA) is 68.2 Å². The second-order valence-electron chi connectivity index (χ2n) is 6.23. The van der Waals surface area contributed by atoms with Crippen LogP contribution in [0.2, 0.25) is 0 Å². The average Bonchev–Trinajstić information content (AvgIpc) is 2.63. The van der Waals surface area contributed by atoms with Crippen molar-refractivity contribution in [2.24, 2.45) is 7.05 Å². The molecule has 0 radical (unpaired) electrons. The van der Waals surface area contributed by atoms with Gasteiger partial charge in [-0.15, -0.1) is 0 Å². The van der Waals surface area contributed by atoms with Gasteiger partial charge in [-0.2, -0.15) is 5.10 Å². The zero-order valence-corrected chi connectivity index (χ0v) is 13.7. The van der Waals surface area contributed by atoms with Crippen LogP contribution in [0.25, 0.3) is 0 Å². The fourth-order valence-electron chi connectivity index (χ4n) is 1.78. The van der Waals surface area contributed by atoms with E-state index in [2.05, 4.69) is 15.7 Å². The number of nitrogens with one attached hydrogen (secondary N) is 2. The highest BCUT2D eigenvalue weighted by molar-refractivity contribution is 5.67. The second kappa shape index (κ2) is 7.04. The number of aromatic nitrogens is 2. The smallest absolute Gasteiger partial charge is 0.407 e. The van der Waals surface area contributed by atoms with Crippen molar-refractivity contribution in [1.82, 2.24) is 20.4 Å². The molecular formula is C14H24F2N4O2. The highest BCUT2D eigenvalue weighted by atomic mass is 19.3. The molecule has 22 heavy (non-hydrogen) atoms. The Morgan fingerprint density at radius 1 is 1.36 bits per heavy atom. The number of alkyl halides is 2. The van der Waals surface area contributed by atoms with Crippen LogP contribution in [0.4, 0.5) is 13.6 Å². The van der Waals surface area contributed by atoms with Crippen LogP contribution < -0.4 is 10.6 Å². The van der Waals surface area contributed by atoms with E-state index in [4.69, 9.17) is 4.74 Å². The maximum Gasteiger partial charge on any atom is 0.407 e. The molecular weight excluding hydrogens is 294 g/mol. The van der Waals surface area contributed by atoms with Crippen molar-refractivity contribution in [3.8, 4) is 0 Å². The Bertz CT molecular complexity index is 509. The van der Waals surface area contributed by atoms with Crippen LogP contribution >= 0.6 is 0 Å². The molecule has 1 aromatic rings. The molecule has 1 amide bonds. The molecule has 1 rings (SSSR count). The molecule has 0 aliphatic rings. The van der Waals surface area contributed by atoms with Crippen molar-refractivity contribution in [2.75, 3.05) is 13.1 Å². The number of amides is 1. The van der Waals surface area contributed by atoms with Gasteiger partial charge in [0.2, 0.25) is 0 Å². The minimum atomic E-state index is -3.06. The molecule has 1 aromatic heterocycles. The van der Waals surface area contributed by atoms with E-state index in [9.17, 15) is 13.6 Å². The van der Waals surface area contributed by atoms with E-state index >= 15 is 0 Å². The molecule has 6 nitrogen and oxygen atoms in total. The summed E-state index contributed by atoms with van der Waals surface area (Å²) in [5.74, 6) is -3.06. The van der Waals surface area contributed by atoms with Crippen molar-refractivity contribution in [1.29, 1.82) is 0 Å². The van der Waals surface area contributed by atoms with Gasteiger partial charge in [-0.1, -0.05) is 0 Å². The van der Waals surface area contributed by atoms with Crippen LogP contribution in [-0.2, 0) is 18.3 Å². The molecule has 0 spiro atoms. The van der Waals surface area contributed by atoms with Gasteiger partial charge in [-0.3, -0.25) is 4.68 Å². The number of rotatable bonds is 6. The van der Waals surface area contributed by atoms with Gasteiger partial charge in [0.15, 0.2) is 0 Å². The molecule has 0 aromatic carbocycles. The quantitative estimate of drug-likeness (QED) is 0.841. The third-order valence-electron chi connectivity index (χ3n) is 2.70. The van der Waals surface area contributed by atoms with Crippen LogP contribution in [0.3, 0.4) is 0 Å². The summed E-state index contributed by atoms with van der Waals surface area (Å²) in [5.41, 5.74) is 0.943. The Kier molecular flexibility index (Phi) is 5.87. The molecule has 1 heterocycles. The monoisotopic (exact) mass is 318 g/mol. The highest BCUT2D eigenvalue weighted by Crippen LogP contribution is 2.12. The number of hydrogen-bond acceptors (Lipinski definition) is 4. The Labute approximate surface area is 129 Å². The van der Waals surface area contributed by atoms with E-state index in [1.54, 1.807) is 38.7 Å². The first-order valence-electron chi connectivity index (χ1n) is 7.03. The number of alkyl carbamates (subject to hydrolysis) is 1. The summed E-state index contributed by atoms with van der Waals surface area (Å²) >= 11 is 0. The van der Waals surface area contributed by atoms with Crippen LogP contribution in [0.5, 0.6) is 0 Å². The molecule has 0 saturated heterocycles. The van der Waals surface area contributed by atoms with E-state index in [1.165, 1.54) is 0 Å². The number of aryl methyl sites for hydroxylation is 2. The minimum Gasteiger partial charge on any atom is -0.444 e. The lowest BCUT2D eigenvalue weighted by molar-refractivity contribution is -0.00377. The first kappa shape index (κ1) is 18.3.